The van der Waals surface area contributed by atoms with Gasteiger partial charge in [-0.3, -0.25) is 0 Å². The first-order valence-electron chi connectivity index (χ1n) is 10.6. The van der Waals surface area contributed by atoms with Crippen LogP contribution < -0.4 is 18.9 Å². The van der Waals surface area contributed by atoms with Crippen LogP contribution in [0.15, 0.2) is 86.0 Å². The van der Waals surface area contributed by atoms with Crippen molar-refractivity contribution in [3.63, 3.8) is 0 Å². The smallest absolute Gasteiger partial charge is 0.343 e. The maximum Gasteiger partial charge on any atom is 0.343 e. The summed E-state index contributed by atoms with van der Waals surface area (Å²) in [5.74, 6) is 0.344. The minimum absolute atomic E-state index is 0.278. The van der Waals surface area contributed by atoms with Gasteiger partial charge in [-0.25, -0.2) is 9.59 Å². The van der Waals surface area contributed by atoms with Crippen molar-refractivity contribution in [2.75, 3.05) is 14.2 Å². The van der Waals surface area contributed by atoms with Crippen LogP contribution in [0, 0.1) is 0 Å². The van der Waals surface area contributed by atoms with Crippen LogP contribution in [0.25, 0.3) is 0 Å². The summed E-state index contributed by atoms with van der Waals surface area (Å²) in [4.78, 5) is 25.2. The molecule has 0 atom stereocenters. The Hall–Kier alpha value is -4.32. The van der Waals surface area contributed by atoms with Crippen molar-refractivity contribution in [3.05, 3.63) is 108 Å². The van der Waals surface area contributed by atoms with E-state index < -0.39 is 11.9 Å². The van der Waals surface area contributed by atoms with Crippen LogP contribution in [0.5, 0.6) is 23.0 Å². The first kappa shape index (κ1) is 24.3. The highest BCUT2D eigenvalue weighted by Crippen LogP contribution is 2.30. The van der Waals surface area contributed by atoms with Crippen molar-refractivity contribution in [3.8, 4) is 23.0 Å². The third-order valence-electron chi connectivity index (χ3n) is 4.98. The fourth-order valence-corrected chi connectivity index (χ4v) is 3.24. The van der Waals surface area contributed by atoms with E-state index in [0.29, 0.717) is 35.8 Å². The number of methoxy groups -OCH3 is 2. The summed E-state index contributed by atoms with van der Waals surface area (Å²) < 4.78 is 21.6. The first-order valence-corrected chi connectivity index (χ1v) is 10.6. The number of rotatable bonds is 10. The van der Waals surface area contributed by atoms with E-state index in [2.05, 4.69) is 13.2 Å². The van der Waals surface area contributed by atoms with Crippen molar-refractivity contribution in [2.24, 2.45) is 0 Å². The molecule has 6 heteroatoms. The lowest BCUT2D eigenvalue weighted by Crippen LogP contribution is -2.12. The minimum Gasteiger partial charge on any atom is -0.493 e. The zero-order valence-electron chi connectivity index (χ0n) is 19.2. The number of esters is 2. The van der Waals surface area contributed by atoms with E-state index >= 15 is 0 Å². The summed E-state index contributed by atoms with van der Waals surface area (Å²) in [5.41, 5.74) is 2.53. The first-order chi connectivity index (χ1) is 16.5. The molecule has 0 fully saturated rings. The summed E-state index contributed by atoms with van der Waals surface area (Å²) in [6.07, 6.45) is 4.90. The molecule has 0 aromatic heterocycles. The van der Waals surface area contributed by atoms with E-state index in [4.69, 9.17) is 18.9 Å². The predicted molar refractivity (Wildman–Crippen MR) is 130 cm³/mol. The Labute approximate surface area is 199 Å². The highest BCUT2D eigenvalue weighted by Gasteiger charge is 2.16. The van der Waals surface area contributed by atoms with Crippen molar-refractivity contribution in [1.82, 2.24) is 0 Å². The molecule has 6 nitrogen and oxygen atoms in total. The highest BCUT2D eigenvalue weighted by atomic mass is 16.6. The highest BCUT2D eigenvalue weighted by molar-refractivity contribution is 5.95. The molecular weight excluding hydrogens is 432 g/mol. The molecule has 0 N–H and O–H groups in total. The van der Waals surface area contributed by atoms with Crippen LogP contribution in [-0.4, -0.2) is 26.2 Å². The van der Waals surface area contributed by atoms with Gasteiger partial charge < -0.3 is 18.9 Å². The monoisotopic (exact) mass is 458 g/mol. The number of benzene rings is 3. The molecule has 0 saturated carbocycles. The van der Waals surface area contributed by atoms with Crippen LogP contribution in [0.3, 0.4) is 0 Å². The molecule has 0 unspecified atom stereocenters. The third-order valence-corrected chi connectivity index (χ3v) is 4.98. The van der Waals surface area contributed by atoms with E-state index in [1.54, 1.807) is 36.4 Å². The summed E-state index contributed by atoms with van der Waals surface area (Å²) in [7, 11) is 3.01. The lowest BCUT2D eigenvalue weighted by Gasteiger charge is -2.12. The summed E-state index contributed by atoms with van der Waals surface area (Å²) in [6.45, 7) is 7.43. The van der Waals surface area contributed by atoms with Crippen molar-refractivity contribution in [1.29, 1.82) is 0 Å². The number of hydrogen-bond acceptors (Lipinski definition) is 6. The number of carbonyl (C=O) groups excluding carboxylic acids is 2. The molecule has 0 radical (unpaired) electrons. The number of hydrogen-bond donors (Lipinski definition) is 0. The van der Waals surface area contributed by atoms with E-state index in [0.717, 1.165) is 11.1 Å². The van der Waals surface area contributed by atoms with Crippen molar-refractivity contribution in [2.45, 2.75) is 12.8 Å². The van der Waals surface area contributed by atoms with Gasteiger partial charge in [0.05, 0.1) is 25.3 Å². The molecule has 3 aromatic carbocycles. The Morgan fingerprint density at radius 2 is 1.03 bits per heavy atom. The molecule has 0 aliphatic carbocycles. The molecule has 0 heterocycles. The van der Waals surface area contributed by atoms with Gasteiger partial charge in [-0.1, -0.05) is 24.3 Å². The van der Waals surface area contributed by atoms with Gasteiger partial charge in [0.1, 0.15) is 0 Å². The SMILES string of the molecule is C=CCc1ccc(OC(=O)c2ccc(C(=O)Oc3ccc(CC=C)cc3OC)cc2)c(OC)c1. The van der Waals surface area contributed by atoms with Gasteiger partial charge in [0.25, 0.3) is 0 Å². The molecule has 0 amide bonds. The maximum atomic E-state index is 12.6. The summed E-state index contributed by atoms with van der Waals surface area (Å²) >= 11 is 0. The molecule has 0 saturated heterocycles. The lowest BCUT2D eigenvalue weighted by atomic mass is 10.1. The Bertz CT molecular complexity index is 1100. The second kappa shape index (κ2) is 11.5. The standard InChI is InChI=1S/C28H26O6/c1-5-7-19-9-15-23(25(17-19)31-3)33-27(29)21-11-13-22(14-12-21)28(30)34-24-16-10-20(8-6-2)18-26(24)32-4/h5-6,9-18H,1-2,7-8H2,3-4H3. The Balaban J connectivity index is 1.70. The second-order valence-electron chi connectivity index (χ2n) is 7.31. The molecule has 174 valence electrons. The van der Waals surface area contributed by atoms with E-state index in [1.807, 2.05) is 12.1 Å². The van der Waals surface area contributed by atoms with Gasteiger partial charge in [-0.2, -0.15) is 0 Å². The third kappa shape index (κ3) is 5.92. The molecule has 0 aliphatic heterocycles. The second-order valence-corrected chi connectivity index (χ2v) is 7.31. The van der Waals surface area contributed by atoms with Crippen molar-refractivity contribution < 1.29 is 28.5 Å². The van der Waals surface area contributed by atoms with E-state index in [-0.39, 0.29) is 11.1 Å². The van der Waals surface area contributed by atoms with Gasteiger partial charge in [-0.15, -0.1) is 13.2 Å². The maximum absolute atomic E-state index is 12.6. The van der Waals surface area contributed by atoms with Gasteiger partial charge >= 0.3 is 11.9 Å². The number of ether oxygens (including phenoxy) is 4. The molecule has 0 bridgehead atoms. The fourth-order valence-electron chi connectivity index (χ4n) is 3.24. The largest absolute Gasteiger partial charge is 0.493 e. The molecule has 3 aromatic rings. The average molecular weight is 459 g/mol. The number of allylic oxidation sites excluding steroid dienone is 2. The van der Waals surface area contributed by atoms with Gasteiger partial charge in [0, 0.05) is 0 Å². The normalized spacial score (nSPS) is 10.2. The van der Waals surface area contributed by atoms with Crippen LogP contribution >= 0.6 is 0 Å². The molecule has 0 aliphatic rings. The molecule has 34 heavy (non-hydrogen) atoms. The minimum atomic E-state index is -0.575. The zero-order chi connectivity index (χ0) is 24.5. The lowest BCUT2D eigenvalue weighted by molar-refractivity contribution is 0.0715. The average Bonchev–Trinajstić information content (AvgIpc) is 2.86. The Morgan fingerprint density at radius 3 is 1.35 bits per heavy atom. The molecule has 0 spiro atoms. The number of carbonyl (C=O) groups is 2. The van der Waals surface area contributed by atoms with Gasteiger partial charge in [0.15, 0.2) is 23.0 Å². The fraction of sp³-hybridized carbons (Fsp3) is 0.143. The van der Waals surface area contributed by atoms with Crippen molar-refractivity contribution >= 4 is 11.9 Å². The van der Waals surface area contributed by atoms with Gasteiger partial charge in [-0.05, 0) is 72.5 Å². The quantitative estimate of drug-likeness (QED) is 0.224. The van der Waals surface area contributed by atoms with Gasteiger partial charge in [0.2, 0.25) is 0 Å². The summed E-state index contributed by atoms with van der Waals surface area (Å²) in [5, 5.41) is 0. The van der Waals surface area contributed by atoms with Crippen LogP contribution in [0.4, 0.5) is 0 Å². The van der Waals surface area contributed by atoms with Crippen LogP contribution in [0.2, 0.25) is 0 Å². The van der Waals surface area contributed by atoms with Crippen LogP contribution in [-0.2, 0) is 12.8 Å². The molecular formula is C28H26O6. The van der Waals surface area contributed by atoms with E-state index in [1.165, 1.54) is 38.5 Å². The molecule has 3 rings (SSSR count). The Kier molecular flexibility index (Phi) is 8.24. The predicted octanol–water partition coefficient (Wildman–Crippen LogP) is 5.60. The topological polar surface area (TPSA) is 71.1 Å². The summed E-state index contributed by atoms with van der Waals surface area (Å²) in [6, 6.07) is 16.6. The van der Waals surface area contributed by atoms with Crippen LogP contribution in [0.1, 0.15) is 31.8 Å². The van der Waals surface area contributed by atoms with E-state index in [9.17, 15) is 9.59 Å². The Morgan fingerprint density at radius 1 is 0.647 bits per heavy atom. The zero-order valence-corrected chi connectivity index (χ0v) is 19.2.